The van der Waals surface area contributed by atoms with Crippen LogP contribution in [0, 0.1) is 17.7 Å². The molecule has 3 rings (SSSR count). The van der Waals surface area contributed by atoms with Crippen LogP contribution in [0.15, 0.2) is 53.1 Å². The van der Waals surface area contributed by atoms with E-state index >= 15 is 0 Å². The molecule has 0 fully saturated rings. The average Bonchev–Trinajstić information content (AvgIpc) is 3.11. The van der Waals surface area contributed by atoms with Crippen molar-refractivity contribution in [3.63, 3.8) is 0 Å². The van der Waals surface area contributed by atoms with Crippen LogP contribution < -0.4 is 0 Å². The van der Waals surface area contributed by atoms with E-state index in [-0.39, 0.29) is 11.9 Å². The fourth-order valence-corrected chi connectivity index (χ4v) is 2.34. The van der Waals surface area contributed by atoms with E-state index in [0.717, 1.165) is 17.5 Å². The third-order valence-corrected chi connectivity index (χ3v) is 3.69. The Morgan fingerprint density at radius 3 is 2.56 bits per heavy atom. The lowest BCUT2D eigenvalue weighted by molar-refractivity contribution is 0.0706. The Morgan fingerprint density at radius 1 is 1.12 bits per heavy atom. The van der Waals surface area contributed by atoms with E-state index in [1.165, 1.54) is 12.1 Å². The van der Waals surface area contributed by atoms with Gasteiger partial charge in [-0.3, -0.25) is 0 Å². The monoisotopic (exact) mass is 336 g/mol. The van der Waals surface area contributed by atoms with Crippen LogP contribution in [0.3, 0.4) is 0 Å². The van der Waals surface area contributed by atoms with Crippen molar-refractivity contribution >= 4 is 0 Å². The number of nitrogens with zero attached hydrogens (tertiary/aromatic N) is 2. The predicted molar refractivity (Wildman–Crippen MR) is 92.2 cm³/mol. The normalized spacial score (nSPS) is 11.6. The number of ether oxygens (including phenoxy) is 1. The van der Waals surface area contributed by atoms with Crippen molar-refractivity contribution in [1.29, 1.82) is 0 Å². The van der Waals surface area contributed by atoms with E-state index < -0.39 is 0 Å². The lowest BCUT2D eigenvalue weighted by atomic mass is 10.1. The highest BCUT2D eigenvalue weighted by atomic mass is 19.1. The summed E-state index contributed by atoms with van der Waals surface area (Å²) in [6, 6.07) is 13.7. The first-order valence-electron chi connectivity index (χ1n) is 7.94. The molecule has 0 radical (unpaired) electrons. The van der Waals surface area contributed by atoms with E-state index in [2.05, 4.69) is 22.0 Å². The van der Waals surface area contributed by atoms with Gasteiger partial charge in [-0.2, -0.15) is 4.98 Å². The number of hydrogen-bond acceptors (Lipinski definition) is 4. The largest absolute Gasteiger partial charge is 0.372 e. The van der Waals surface area contributed by atoms with Gasteiger partial charge in [0.2, 0.25) is 5.82 Å². The molecular weight excluding hydrogens is 319 g/mol. The molecule has 1 unspecified atom stereocenters. The van der Waals surface area contributed by atoms with Gasteiger partial charge in [-0.1, -0.05) is 30.0 Å². The first-order chi connectivity index (χ1) is 12.2. The molecule has 4 nitrogen and oxygen atoms in total. The average molecular weight is 336 g/mol. The fourth-order valence-electron chi connectivity index (χ4n) is 2.34. The molecule has 1 heterocycles. The molecule has 0 amide bonds. The molecule has 2 aromatic carbocycles. The summed E-state index contributed by atoms with van der Waals surface area (Å²) in [5, 5.41) is 3.99. The van der Waals surface area contributed by atoms with Gasteiger partial charge in [0.05, 0.1) is 0 Å². The summed E-state index contributed by atoms with van der Waals surface area (Å²) < 4.78 is 23.7. The molecule has 5 heteroatoms. The topological polar surface area (TPSA) is 48.2 Å². The second-order valence-electron chi connectivity index (χ2n) is 5.43. The van der Waals surface area contributed by atoms with Gasteiger partial charge in [-0.25, -0.2) is 4.39 Å². The maximum atomic E-state index is 13.1. The van der Waals surface area contributed by atoms with Gasteiger partial charge >= 0.3 is 0 Å². The summed E-state index contributed by atoms with van der Waals surface area (Å²) in [5.41, 5.74) is 2.29. The maximum absolute atomic E-state index is 13.1. The standard InChI is InChI=1S/C20H17FN2O2/c1-3-18(24-2)20-22-19(23-25-20)16-11-9-14(10-12-16)7-8-15-5-4-6-17(21)13-15/h4-6,9-13,18H,3H2,1-2H3. The lowest BCUT2D eigenvalue weighted by Gasteiger charge is -2.05. The summed E-state index contributed by atoms with van der Waals surface area (Å²) in [7, 11) is 1.62. The van der Waals surface area contributed by atoms with Crippen molar-refractivity contribution in [1.82, 2.24) is 10.1 Å². The minimum absolute atomic E-state index is 0.197. The van der Waals surface area contributed by atoms with Crippen LogP contribution in [0.4, 0.5) is 4.39 Å². The lowest BCUT2D eigenvalue weighted by Crippen LogP contribution is -1.99. The van der Waals surface area contributed by atoms with Crippen LogP contribution in [0.1, 0.15) is 36.5 Å². The highest BCUT2D eigenvalue weighted by Crippen LogP contribution is 2.22. The van der Waals surface area contributed by atoms with E-state index in [4.69, 9.17) is 9.26 Å². The molecule has 0 N–H and O–H groups in total. The zero-order chi connectivity index (χ0) is 17.6. The fraction of sp³-hybridized carbons (Fsp3) is 0.200. The summed E-state index contributed by atoms with van der Waals surface area (Å²) in [6.45, 7) is 1.99. The smallest absolute Gasteiger partial charge is 0.256 e. The minimum Gasteiger partial charge on any atom is -0.372 e. The van der Waals surface area contributed by atoms with Crippen molar-refractivity contribution in [2.24, 2.45) is 0 Å². The molecule has 1 atom stereocenters. The minimum atomic E-state index is -0.295. The molecule has 0 bridgehead atoms. The summed E-state index contributed by atoms with van der Waals surface area (Å²) >= 11 is 0. The first-order valence-corrected chi connectivity index (χ1v) is 7.94. The molecule has 3 aromatic rings. The third kappa shape index (κ3) is 4.11. The molecule has 0 aliphatic carbocycles. The molecule has 25 heavy (non-hydrogen) atoms. The Balaban J connectivity index is 1.77. The number of rotatable bonds is 4. The second kappa shape index (κ2) is 7.73. The first kappa shape index (κ1) is 16.9. The zero-order valence-electron chi connectivity index (χ0n) is 14.0. The number of aromatic nitrogens is 2. The second-order valence-corrected chi connectivity index (χ2v) is 5.43. The molecular formula is C20H17FN2O2. The number of benzene rings is 2. The molecule has 0 saturated heterocycles. The van der Waals surface area contributed by atoms with E-state index in [1.807, 2.05) is 31.2 Å². The van der Waals surface area contributed by atoms with Crippen molar-refractivity contribution < 1.29 is 13.7 Å². The van der Waals surface area contributed by atoms with Crippen LogP contribution in [0.2, 0.25) is 0 Å². The Hall–Kier alpha value is -2.97. The zero-order valence-corrected chi connectivity index (χ0v) is 14.0. The van der Waals surface area contributed by atoms with Gasteiger partial charge in [0, 0.05) is 23.8 Å². The third-order valence-electron chi connectivity index (χ3n) is 3.69. The summed E-state index contributed by atoms with van der Waals surface area (Å²) in [4.78, 5) is 4.37. The summed E-state index contributed by atoms with van der Waals surface area (Å²) in [6.07, 6.45) is 0.560. The molecule has 126 valence electrons. The molecule has 0 saturated carbocycles. The van der Waals surface area contributed by atoms with Crippen molar-refractivity contribution in [2.45, 2.75) is 19.4 Å². The maximum Gasteiger partial charge on any atom is 0.256 e. The SMILES string of the molecule is CCC(OC)c1nc(-c2ccc(C#Cc3cccc(F)c3)cc2)no1. The van der Waals surface area contributed by atoms with Crippen LogP contribution in [-0.4, -0.2) is 17.3 Å². The Kier molecular flexibility index (Phi) is 5.22. The van der Waals surface area contributed by atoms with Crippen molar-refractivity contribution in [2.75, 3.05) is 7.11 Å². The van der Waals surface area contributed by atoms with Gasteiger partial charge in [0.1, 0.15) is 11.9 Å². The van der Waals surface area contributed by atoms with E-state index in [1.54, 1.807) is 19.2 Å². The molecule has 0 aliphatic rings. The van der Waals surface area contributed by atoms with Gasteiger partial charge in [-0.05, 0) is 48.9 Å². The predicted octanol–water partition coefficient (Wildman–Crippen LogP) is 4.37. The van der Waals surface area contributed by atoms with Crippen molar-refractivity contribution in [3.05, 3.63) is 71.4 Å². The van der Waals surface area contributed by atoms with E-state index in [0.29, 0.717) is 17.3 Å². The van der Waals surface area contributed by atoms with Crippen LogP contribution in [0.25, 0.3) is 11.4 Å². The Labute approximate surface area is 145 Å². The number of halogens is 1. The Morgan fingerprint density at radius 2 is 1.88 bits per heavy atom. The van der Waals surface area contributed by atoms with Gasteiger partial charge < -0.3 is 9.26 Å². The highest BCUT2D eigenvalue weighted by molar-refractivity contribution is 5.56. The Bertz CT molecular complexity index is 903. The van der Waals surface area contributed by atoms with Crippen LogP contribution >= 0.6 is 0 Å². The van der Waals surface area contributed by atoms with E-state index in [9.17, 15) is 4.39 Å². The highest BCUT2D eigenvalue weighted by Gasteiger charge is 2.17. The number of hydrogen-bond donors (Lipinski definition) is 0. The summed E-state index contributed by atoms with van der Waals surface area (Å²) in [5.74, 6) is 6.63. The molecule has 1 aromatic heterocycles. The van der Waals surface area contributed by atoms with Gasteiger partial charge in [-0.15, -0.1) is 0 Å². The van der Waals surface area contributed by atoms with Gasteiger partial charge in [0.25, 0.3) is 5.89 Å². The van der Waals surface area contributed by atoms with Crippen LogP contribution in [0.5, 0.6) is 0 Å². The molecule has 0 spiro atoms. The van der Waals surface area contributed by atoms with Crippen LogP contribution in [-0.2, 0) is 4.74 Å². The van der Waals surface area contributed by atoms with Gasteiger partial charge in [0.15, 0.2) is 0 Å². The number of methoxy groups -OCH3 is 1. The molecule has 0 aliphatic heterocycles. The van der Waals surface area contributed by atoms with Crippen molar-refractivity contribution in [3.8, 4) is 23.2 Å². The quantitative estimate of drug-likeness (QED) is 0.664.